The number of para-hydroxylation sites is 1. The third kappa shape index (κ3) is 2.75. The second-order valence-electron chi connectivity index (χ2n) is 3.61. The quantitative estimate of drug-likeness (QED) is 0.741. The molecule has 0 aliphatic heterocycles. The predicted molar refractivity (Wildman–Crippen MR) is 64.4 cm³/mol. The highest BCUT2D eigenvalue weighted by Crippen LogP contribution is 2.20. The van der Waals surface area contributed by atoms with Crippen LogP contribution in [0.5, 0.6) is 5.75 Å². The van der Waals surface area contributed by atoms with E-state index in [1.54, 1.807) is 30.5 Å². The first kappa shape index (κ1) is 11.5. The summed E-state index contributed by atoms with van der Waals surface area (Å²) in [5, 5.41) is 0. The van der Waals surface area contributed by atoms with Gasteiger partial charge in [0.25, 0.3) is 0 Å². The average Bonchev–Trinajstić information content (AvgIpc) is 2.83. The monoisotopic (exact) mass is 230 g/mol. The summed E-state index contributed by atoms with van der Waals surface area (Å²) >= 11 is 0. The zero-order valence-corrected chi connectivity index (χ0v) is 9.68. The van der Waals surface area contributed by atoms with Crippen molar-refractivity contribution in [1.82, 2.24) is 0 Å². The lowest BCUT2D eigenvalue weighted by molar-refractivity contribution is 0.0983. The Kier molecular flexibility index (Phi) is 3.60. The lowest BCUT2D eigenvalue weighted by atomic mass is 10.1. The Morgan fingerprint density at radius 2 is 2.06 bits per heavy atom. The van der Waals surface area contributed by atoms with Gasteiger partial charge in [0.05, 0.1) is 24.9 Å². The van der Waals surface area contributed by atoms with E-state index in [4.69, 9.17) is 9.15 Å². The first-order chi connectivity index (χ1) is 8.31. The number of ketones is 1. The maximum absolute atomic E-state index is 12.1. The molecule has 2 aromatic rings. The lowest BCUT2D eigenvalue weighted by Gasteiger charge is -2.08. The molecule has 0 aliphatic carbocycles. The summed E-state index contributed by atoms with van der Waals surface area (Å²) in [5.74, 6) is 1.30. The van der Waals surface area contributed by atoms with Crippen LogP contribution in [0.3, 0.4) is 0 Å². The van der Waals surface area contributed by atoms with Gasteiger partial charge in [-0.2, -0.15) is 0 Å². The molecule has 0 aliphatic rings. The van der Waals surface area contributed by atoms with Crippen LogP contribution in [0.4, 0.5) is 0 Å². The average molecular weight is 230 g/mol. The first-order valence-electron chi connectivity index (χ1n) is 5.58. The molecule has 0 N–H and O–H groups in total. The zero-order valence-electron chi connectivity index (χ0n) is 9.68. The fourth-order valence-electron chi connectivity index (χ4n) is 1.65. The van der Waals surface area contributed by atoms with Crippen LogP contribution >= 0.6 is 0 Å². The Morgan fingerprint density at radius 3 is 2.76 bits per heavy atom. The highest BCUT2D eigenvalue weighted by atomic mass is 16.5. The summed E-state index contributed by atoms with van der Waals surface area (Å²) < 4.78 is 10.6. The van der Waals surface area contributed by atoms with Gasteiger partial charge in [0.2, 0.25) is 0 Å². The highest BCUT2D eigenvalue weighted by molar-refractivity contribution is 5.99. The van der Waals surface area contributed by atoms with E-state index in [0.29, 0.717) is 23.7 Å². The van der Waals surface area contributed by atoms with Gasteiger partial charge in [-0.25, -0.2) is 0 Å². The number of carbonyl (C=O) groups is 1. The molecule has 2 rings (SSSR count). The number of benzene rings is 1. The van der Waals surface area contributed by atoms with E-state index in [2.05, 4.69) is 0 Å². The van der Waals surface area contributed by atoms with Crippen molar-refractivity contribution in [3.63, 3.8) is 0 Å². The van der Waals surface area contributed by atoms with Crippen LogP contribution < -0.4 is 4.74 Å². The minimum absolute atomic E-state index is 0.00370. The molecule has 17 heavy (non-hydrogen) atoms. The Morgan fingerprint density at radius 1 is 1.24 bits per heavy atom. The molecule has 0 atom stereocenters. The number of Topliss-reactive ketones (excluding diaryl/α,β-unsaturated/α-hetero) is 1. The third-order valence-corrected chi connectivity index (χ3v) is 2.40. The Bertz CT molecular complexity index is 486. The van der Waals surface area contributed by atoms with Crippen LogP contribution in [0.2, 0.25) is 0 Å². The van der Waals surface area contributed by atoms with E-state index < -0.39 is 0 Å². The summed E-state index contributed by atoms with van der Waals surface area (Å²) in [6.07, 6.45) is 1.83. The Balaban J connectivity index is 2.18. The van der Waals surface area contributed by atoms with Crippen LogP contribution in [0.15, 0.2) is 47.1 Å². The molecule has 0 spiro atoms. The second kappa shape index (κ2) is 5.34. The van der Waals surface area contributed by atoms with Gasteiger partial charge in [-0.3, -0.25) is 4.79 Å². The van der Waals surface area contributed by atoms with Crippen LogP contribution in [0.1, 0.15) is 23.0 Å². The van der Waals surface area contributed by atoms with Gasteiger partial charge >= 0.3 is 0 Å². The SMILES string of the molecule is CCOc1ccccc1C(=O)Cc1ccco1. The number of rotatable bonds is 5. The maximum atomic E-state index is 12.1. The van der Waals surface area contributed by atoms with Crippen LogP contribution in [-0.2, 0) is 6.42 Å². The molecule has 0 bridgehead atoms. The molecule has 1 aromatic heterocycles. The van der Waals surface area contributed by atoms with Gasteiger partial charge in [-0.05, 0) is 31.2 Å². The number of carbonyl (C=O) groups excluding carboxylic acids is 1. The molecule has 3 heteroatoms. The van der Waals surface area contributed by atoms with E-state index >= 15 is 0 Å². The van der Waals surface area contributed by atoms with Gasteiger partial charge in [0.1, 0.15) is 11.5 Å². The van der Waals surface area contributed by atoms with Crippen molar-refractivity contribution >= 4 is 5.78 Å². The van der Waals surface area contributed by atoms with Crippen molar-refractivity contribution < 1.29 is 13.9 Å². The summed E-state index contributed by atoms with van der Waals surface area (Å²) in [4.78, 5) is 12.1. The van der Waals surface area contributed by atoms with E-state index in [1.807, 2.05) is 19.1 Å². The molecular weight excluding hydrogens is 216 g/mol. The third-order valence-electron chi connectivity index (χ3n) is 2.40. The normalized spacial score (nSPS) is 10.2. The molecule has 0 amide bonds. The van der Waals surface area contributed by atoms with Gasteiger partial charge in [-0.1, -0.05) is 12.1 Å². The molecule has 3 nitrogen and oxygen atoms in total. The van der Waals surface area contributed by atoms with E-state index in [-0.39, 0.29) is 12.2 Å². The Labute approximate surface area is 100 Å². The molecule has 1 heterocycles. The molecule has 88 valence electrons. The number of furan rings is 1. The van der Waals surface area contributed by atoms with Gasteiger partial charge < -0.3 is 9.15 Å². The molecule has 0 saturated carbocycles. The minimum atomic E-state index is 0.00370. The lowest BCUT2D eigenvalue weighted by Crippen LogP contribution is -2.06. The maximum Gasteiger partial charge on any atom is 0.174 e. The van der Waals surface area contributed by atoms with Crippen LogP contribution in [0, 0.1) is 0 Å². The predicted octanol–water partition coefficient (Wildman–Crippen LogP) is 3.10. The number of hydrogen-bond acceptors (Lipinski definition) is 3. The smallest absolute Gasteiger partial charge is 0.174 e. The molecule has 0 unspecified atom stereocenters. The number of hydrogen-bond donors (Lipinski definition) is 0. The Hall–Kier alpha value is -2.03. The molecule has 0 fully saturated rings. The second-order valence-corrected chi connectivity index (χ2v) is 3.61. The zero-order chi connectivity index (χ0) is 12.1. The van der Waals surface area contributed by atoms with E-state index in [9.17, 15) is 4.79 Å². The summed E-state index contributed by atoms with van der Waals surface area (Å²) in [7, 11) is 0. The number of ether oxygens (including phenoxy) is 1. The first-order valence-corrected chi connectivity index (χ1v) is 5.58. The highest BCUT2D eigenvalue weighted by Gasteiger charge is 2.13. The van der Waals surface area contributed by atoms with E-state index in [0.717, 1.165) is 0 Å². The van der Waals surface area contributed by atoms with Gasteiger partial charge in [0, 0.05) is 0 Å². The largest absolute Gasteiger partial charge is 0.493 e. The van der Waals surface area contributed by atoms with Crippen molar-refractivity contribution in [2.45, 2.75) is 13.3 Å². The van der Waals surface area contributed by atoms with Crippen molar-refractivity contribution in [2.24, 2.45) is 0 Å². The molecule has 1 aromatic carbocycles. The van der Waals surface area contributed by atoms with Crippen molar-refractivity contribution in [2.75, 3.05) is 6.61 Å². The topological polar surface area (TPSA) is 39.4 Å². The fraction of sp³-hybridized carbons (Fsp3) is 0.214. The van der Waals surface area contributed by atoms with Gasteiger partial charge in [-0.15, -0.1) is 0 Å². The van der Waals surface area contributed by atoms with Gasteiger partial charge in [0.15, 0.2) is 5.78 Å². The van der Waals surface area contributed by atoms with Crippen molar-refractivity contribution in [3.05, 3.63) is 54.0 Å². The summed E-state index contributed by atoms with van der Waals surface area (Å²) in [5.41, 5.74) is 0.603. The molecule has 0 saturated heterocycles. The minimum Gasteiger partial charge on any atom is -0.493 e. The van der Waals surface area contributed by atoms with Crippen molar-refractivity contribution in [1.29, 1.82) is 0 Å². The van der Waals surface area contributed by atoms with Crippen LogP contribution in [-0.4, -0.2) is 12.4 Å². The standard InChI is InChI=1S/C14H14O3/c1-2-16-14-8-4-3-7-12(14)13(15)10-11-6-5-9-17-11/h3-9H,2,10H2,1H3. The molecular formula is C14H14O3. The summed E-state index contributed by atoms with van der Waals surface area (Å²) in [6.45, 7) is 2.44. The molecule has 0 radical (unpaired) electrons. The van der Waals surface area contributed by atoms with E-state index in [1.165, 1.54) is 0 Å². The van der Waals surface area contributed by atoms with Crippen LogP contribution in [0.25, 0.3) is 0 Å². The van der Waals surface area contributed by atoms with Crippen molar-refractivity contribution in [3.8, 4) is 5.75 Å². The fourth-order valence-corrected chi connectivity index (χ4v) is 1.65. The summed E-state index contributed by atoms with van der Waals surface area (Å²) in [6, 6.07) is 10.8.